The van der Waals surface area contributed by atoms with Crippen LogP contribution in [0.1, 0.15) is 32.8 Å². The van der Waals surface area contributed by atoms with Gasteiger partial charge in [0.05, 0.1) is 0 Å². The molecule has 1 rings (SSSR count). The van der Waals surface area contributed by atoms with E-state index in [4.69, 9.17) is 0 Å². The molecular formula is C13H19F. The third-order valence-corrected chi connectivity index (χ3v) is 3.12. The molecule has 0 amide bonds. The molecule has 2 atom stereocenters. The molecule has 1 aromatic rings. The Morgan fingerprint density at radius 3 is 2.36 bits per heavy atom. The van der Waals surface area contributed by atoms with Crippen molar-refractivity contribution in [3.8, 4) is 0 Å². The zero-order chi connectivity index (χ0) is 10.6. The minimum Gasteiger partial charge on any atom is -0.207 e. The van der Waals surface area contributed by atoms with Crippen molar-refractivity contribution in [1.82, 2.24) is 0 Å². The van der Waals surface area contributed by atoms with E-state index in [-0.39, 0.29) is 5.82 Å². The normalized spacial score (nSPS) is 15.1. The third-order valence-electron chi connectivity index (χ3n) is 3.12. The van der Waals surface area contributed by atoms with Crippen molar-refractivity contribution in [2.75, 3.05) is 0 Å². The molecule has 0 heterocycles. The summed E-state index contributed by atoms with van der Waals surface area (Å²) in [4.78, 5) is 0. The van der Waals surface area contributed by atoms with Crippen LogP contribution in [0.15, 0.2) is 24.3 Å². The fourth-order valence-electron chi connectivity index (χ4n) is 1.61. The van der Waals surface area contributed by atoms with E-state index in [1.807, 2.05) is 12.1 Å². The number of halogens is 1. The molecule has 0 N–H and O–H groups in total. The van der Waals surface area contributed by atoms with Gasteiger partial charge >= 0.3 is 0 Å². The van der Waals surface area contributed by atoms with Gasteiger partial charge in [-0.1, -0.05) is 45.4 Å². The van der Waals surface area contributed by atoms with E-state index in [1.165, 1.54) is 0 Å². The highest BCUT2D eigenvalue weighted by molar-refractivity contribution is 5.17. The lowest BCUT2D eigenvalue weighted by Crippen LogP contribution is -2.10. The van der Waals surface area contributed by atoms with Crippen molar-refractivity contribution in [2.45, 2.75) is 33.6 Å². The monoisotopic (exact) mass is 194 g/mol. The zero-order valence-electron chi connectivity index (χ0n) is 9.26. The summed E-state index contributed by atoms with van der Waals surface area (Å²) >= 11 is 0. The van der Waals surface area contributed by atoms with Crippen LogP contribution in [0, 0.1) is 17.7 Å². The van der Waals surface area contributed by atoms with Gasteiger partial charge in [0.2, 0.25) is 0 Å². The zero-order valence-corrected chi connectivity index (χ0v) is 9.26. The first-order chi connectivity index (χ1) is 6.65. The lowest BCUT2D eigenvalue weighted by atomic mass is 9.88. The Balaban J connectivity index is 2.64. The van der Waals surface area contributed by atoms with E-state index in [2.05, 4.69) is 20.8 Å². The van der Waals surface area contributed by atoms with Crippen molar-refractivity contribution in [3.63, 3.8) is 0 Å². The van der Waals surface area contributed by atoms with Gasteiger partial charge in [0.15, 0.2) is 0 Å². The first-order valence-electron chi connectivity index (χ1n) is 5.38. The summed E-state index contributed by atoms with van der Waals surface area (Å²) in [5.74, 6) is 1.15. The maximum Gasteiger partial charge on any atom is 0.126 e. The molecule has 14 heavy (non-hydrogen) atoms. The van der Waals surface area contributed by atoms with Gasteiger partial charge in [-0.05, 0) is 29.9 Å². The van der Waals surface area contributed by atoms with Crippen molar-refractivity contribution in [1.29, 1.82) is 0 Å². The van der Waals surface area contributed by atoms with Gasteiger partial charge in [0, 0.05) is 0 Å². The minimum atomic E-state index is -0.0670. The average Bonchev–Trinajstić information content (AvgIpc) is 2.20. The number of rotatable bonds is 4. The Morgan fingerprint density at radius 2 is 1.79 bits per heavy atom. The summed E-state index contributed by atoms with van der Waals surface area (Å²) in [6, 6.07) is 7.07. The first kappa shape index (κ1) is 11.2. The maximum absolute atomic E-state index is 13.3. The SMILES string of the molecule is CCC(C)C(C)Cc1ccccc1F. The Hall–Kier alpha value is -0.850. The van der Waals surface area contributed by atoms with Crippen LogP contribution in [0.5, 0.6) is 0 Å². The lowest BCUT2D eigenvalue weighted by Gasteiger charge is -2.18. The van der Waals surface area contributed by atoms with E-state index in [9.17, 15) is 4.39 Å². The molecule has 0 bridgehead atoms. The van der Waals surface area contributed by atoms with E-state index >= 15 is 0 Å². The second-order valence-corrected chi connectivity index (χ2v) is 4.16. The minimum absolute atomic E-state index is 0.0670. The lowest BCUT2D eigenvalue weighted by molar-refractivity contribution is 0.370. The number of hydrogen-bond acceptors (Lipinski definition) is 0. The first-order valence-corrected chi connectivity index (χ1v) is 5.38. The highest BCUT2D eigenvalue weighted by atomic mass is 19.1. The molecule has 2 unspecified atom stereocenters. The standard InChI is InChI=1S/C13H19F/c1-4-10(2)11(3)9-12-7-5-6-8-13(12)14/h5-8,10-11H,4,9H2,1-3H3. The summed E-state index contributed by atoms with van der Waals surface area (Å²) in [5, 5.41) is 0. The molecule has 0 saturated carbocycles. The van der Waals surface area contributed by atoms with Gasteiger partial charge in [-0.2, -0.15) is 0 Å². The fraction of sp³-hybridized carbons (Fsp3) is 0.538. The van der Waals surface area contributed by atoms with Gasteiger partial charge in [-0.15, -0.1) is 0 Å². The maximum atomic E-state index is 13.3. The van der Waals surface area contributed by atoms with Crippen molar-refractivity contribution in [2.24, 2.45) is 11.8 Å². The van der Waals surface area contributed by atoms with Crippen LogP contribution >= 0.6 is 0 Å². The second kappa shape index (κ2) is 5.14. The van der Waals surface area contributed by atoms with Crippen molar-refractivity contribution in [3.05, 3.63) is 35.6 Å². The topological polar surface area (TPSA) is 0 Å². The smallest absolute Gasteiger partial charge is 0.126 e. The van der Waals surface area contributed by atoms with Crippen LogP contribution in [-0.2, 0) is 6.42 Å². The Labute approximate surface area is 86.2 Å². The molecule has 0 aliphatic carbocycles. The Morgan fingerprint density at radius 1 is 1.14 bits per heavy atom. The van der Waals surface area contributed by atoms with E-state index in [0.29, 0.717) is 11.8 Å². The largest absolute Gasteiger partial charge is 0.207 e. The van der Waals surface area contributed by atoms with Gasteiger partial charge < -0.3 is 0 Å². The van der Waals surface area contributed by atoms with Crippen LogP contribution in [0.3, 0.4) is 0 Å². The molecule has 0 aliphatic heterocycles. The third kappa shape index (κ3) is 2.83. The summed E-state index contributed by atoms with van der Waals surface area (Å²) < 4.78 is 13.3. The van der Waals surface area contributed by atoms with Crippen LogP contribution in [-0.4, -0.2) is 0 Å². The van der Waals surface area contributed by atoms with Crippen LogP contribution in [0.25, 0.3) is 0 Å². The van der Waals surface area contributed by atoms with E-state index < -0.39 is 0 Å². The molecule has 0 saturated heterocycles. The second-order valence-electron chi connectivity index (χ2n) is 4.16. The molecule has 1 aromatic carbocycles. The highest BCUT2D eigenvalue weighted by Gasteiger charge is 2.12. The van der Waals surface area contributed by atoms with Crippen molar-refractivity contribution >= 4 is 0 Å². The molecule has 0 fully saturated rings. The molecule has 1 heteroatoms. The molecule has 0 nitrogen and oxygen atoms in total. The summed E-state index contributed by atoms with van der Waals surface area (Å²) in [5.41, 5.74) is 0.848. The van der Waals surface area contributed by atoms with E-state index in [0.717, 1.165) is 18.4 Å². The molecular weight excluding hydrogens is 175 g/mol. The molecule has 0 aliphatic rings. The quantitative estimate of drug-likeness (QED) is 0.678. The van der Waals surface area contributed by atoms with Gasteiger partial charge in [0.1, 0.15) is 5.82 Å². The van der Waals surface area contributed by atoms with Gasteiger partial charge in [-0.25, -0.2) is 4.39 Å². The highest BCUT2D eigenvalue weighted by Crippen LogP contribution is 2.20. The molecule has 0 radical (unpaired) electrons. The summed E-state index contributed by atoms with van der Waals surface area (Å²) in [6.45, 7) is 6.61. The summed E-state index contributed by atoms with van der Waals surface area (Å²) in [7, 11) is 0. The number of hydrogen-bond donors (Lipinski definition) is 0. The van der Waals surface area contributed by atoms with Crippen LogP contribution in [0.2, 0.25) is 0 Å². The fourth-order valence-corrected chi connectivity index (χ4v) is 1.61. The predicted octanol–water partition coefficient (Wildman–Crippen LogP) is 4.05. The Bertz CT molecular complexity index is 280. The average molecular weight is 194 g/mol. The van der Waals surface area contributed by atoms with Crippen LogP contribution < -0.4 is 0 Å². The predicted molar refractivity (Wildman–Crippen MR) is 58.7 cm³/mol. The van der Waals surface area contributed by atoms with Crippen molar-refractivity contribution < 1.29 is 4.39 Å². The van der Waals surface area contributed by atoms with Gasteiger partial charge in [-0.3, -0.25) is 0 Å². The molecule has 0 spiro atoms. The number of benzene rings is 1. The van der Waals surface area contributed by atoms with E-state index in [1.54, 1.807) is 12.1 Å². The summed E-state index contributed by atoms with van der Waals surface area (Å²) in [6.07, 6.45) is 2.01. The van der Waals surface area contributed by atoms with Crippen LogP contribution in [0.4, 0.5) is 4.39 Å². The molecule has 78 valence electrons. The Kier molecular flexibility index (Phi) is 4.12. The van der Waals surface area contributed by atoms with Gasteiger partial charge in [0.25, 0.3) is 0 Å². The molecule has 0 aromatic heterocycles.